The summed E-state index contributed by atoms with van der Waals surface area (Å²) in [4.78, 5) is 37.4. The summed E-state index contributed by atoms with van der Waals surface area (Å²) >= 11 is 0. The van der Waals surface area contributed by atoms with E-state index in [1.165, 1.54) is 148 Å². The van der Waals surface area contributed by atoms with Gasteiger partial charge in [0.25, 0.3) is 0 Å². The van der Waals surface area contributed by atoms with Crippen molar-refractivity contribution in [1.82, 2.24) is 0 Å². The van der Waals surface area contributed by atoms with Gasteiger partial charge in [0.15, 0.2) is 12.4 Å². The number of unbranched alkanes of at least 4 members (excludes halogenated alkanes) is 28. The third-order valence-electron chi connectivity index (χ3n) is 13.8. The Balaban J connectivity index is 4.20. The SMILES string of the molecule is CC/C=C\C/C=C\C/C=C\C/C=C\C/C=C\CCCCCCCCCCCCCC(=O)OC(COC(=O)CCCCCCCCCCCCCC/C=C\C/C=C\C/C=C\CCCCCCC)COC(OCC[N+](C)(C)C)C(=O)[O-]. The molecule has 0 aliphatic carbocycles. The normalized spacial score (nSPS) is 13.4. The molecular weight excluding hydrogens is 983 g/mol. The molecule has 0 bridgehead atoms. The van der Waals surface area contributed by atoms with Crippen LogP contribution in [0.25, 0.3) is 0 Å². The molecule has 0 aromatic carbocycles. The molecule has 0 spiro atoms. The molecule has 9 heteroatoms. The second kappa shape index (κ2) is 60.3. The highest BCUT2D eigenvalue weighted by atomic mass is 16.7. The molecule has 0 aliphatic rings. The van der Waals surface area contributed by atoms with Crippen molar-refractivity contribution in [2.45, 2.75) is 283 Å². The zero-order chi connectivity index (χ0) is 57.6. The molecule has 0 fully saturated rings. The highest BCUT2D eigenvalue weighted by molar-refractivity contribution is 5.70. The molecule has 454 valence electrons. The van der Waals surface area contributed by atoms with Crippen molar-refractivity contribution in [3.05, 3.63) is 97.2 Å². The molecule has 0 aliphatic heterocycles. The first-order valence-electron chi connectivity index (χ1n) is 32.4. The summed E-state index contributed by atoms with van der Waals surface area (Å²) in [5.74, 6) is -2.29. The third kappa shape index (κ3) is 61.7. The smallest absolute Gasteiger partial charge is 0.306 e. The van der Waals surface area contributed by atoms with Crippen LogP contribution in [-0.2, 0) is 33.3 Å². The van der Waals surface area contributed by atoms with Crippen molar-refractivity contribution in [1.29, 1.82) is 0 Å². The van der Waals surface area contributed by atoms with E-state index in [0.29, 0.717) is 17.4 Å². The van der Waals surface area contributed by atoms with E-state index < -0.39 is 24.3 Å². The number of aliphatic carboxylic acids is 1. The van der Waals surface area contributed by atoms with Crippen molar-refractivity contribution in [3.8, 4) is 0 Å². The van der Waals surface area contributed by atoms with Crippen LogP contribution in [0.5, 0.6) is 0 Å². The highest BCUT2D eigenvalue weighted by Gasteiger charge is 2.22. The van der Waals surface area contributed by atoms with Gasteiger partial charge >= 0.3 is 11.9 Å². The maximum absolute atomic E-state index is 12.9. The average molecular weight is 1100 g/mol. The van der Waals surface area contributed by atoms with Gasteiger partial charge in [-0.05, 0) is 96.3 Å². The topological polar surface area (TPSA) is 111 Å². The van der Waals surface area contributed by atoms with Crippen molar-refractivity contribution >= 4 is 17.9 Å². The number of quaternary nitrogens is 1. The van der Waals surface area contributed by atoms with Crippen LogP contribution in [0.2, 0.25) is 0 Å². The fourth-order valence-corrected chi connectivity index (χ4v) is 8.87. The monoisotopic (exact) mass is 1100 g/mol. The number of carbonyl (C=O) groups is 3. The molecule has 0 rings (SSSR count). The van der Waals surface area contributed by atoms with Crippen LogP contribution in [0.15, 0.2) is 97.2 Å². The van der Waals surface area contributed by atoms with Crippen molar-refractivity contribution < 1.29 is 42.9 Å². The first-order chi connectivity index (χ1) is 38.6. The van der Waals surface area contributed by atoms with Crippen LogP contribution in [0.1, 0.15) is 271 Å². The van der Waals surface area contributed by atoms with Crippen molar-refractivity contribution in [3.63, 3.8) is 0 Å². The number of carboxylic acid groups (broad SMARTS) is 1. The van der Waals surface area contributed by atoms with Crippen LogP contribution in [0, 0.1) is 0 Å². The second-order valence-corrected chi connectivity index (χ2v) is 22.7. The summed E-state index contributed by atoms with van der Waals surface area (Å²) < 4.78 is 22.8. The highest BCUT2D eigenvalue weighted by Crippen LogP contribution is 2.16. The lowest BCUT2D eigenvalue weighted by molar-refractivity contribution is -0.870. The standard InChI is InChI=1S/C70H121NO8/c1-6-8-10-12-14-16-18-20-22-24-26-28-30-32-34-36-38-40-42-44-46-48-50-52-54-56-58-60-67(72)77-64-66(65-78-70(69(74)75)76-63-62-71(3,4)5)79-68(73)61-59-57-55-53-51-49-47-45-43-41-39-37-35-33-31-29-27-25-23-21-19-17-15-13-11-9-7-2/h9,11,15,17-18,20-21,23-24,26-27,29-30,32-33,35,66,70H,6-8,10,12-14,16,19,22,25,28,31,34,36-65H2,1-5H3/b11-9-,17-15-,20-18-,23-21-,26-24-,29-27-,32-30-,35-33-. The second-order valence-electron chi connectivity index (χ2n) is 22.7. The van der Waals surface area contributed by atoms with Gasteiger partial charge in [-0.3, -0.25) is 9.59 Å². The van der Waals surface area contributed by atoms with Crippen LogP contribution < -0.4 is 5.11 Å². The van der Waals surface area contributed by atoms with E-state index in [1.54, 1.807) is 0 Å². The fraction of sp³-hybridized carbons (Fsp3) is 0.729. The number of carboxylic acids is 1. The number of esters is 2. The lowest BCUT2D eigenvalue weighted by atomic mass is 10.0. The number of hydrogen-bond donors (Lipinski definition) is 0. The minimum Gasteiger partial charge on any atom is -0.545 e. The molecule has 2 atom stereocenters. The van der Waals surface area contributed by atoms with Gasteiger partial charge in [0, 0.05) is 12.8 Å². The molecule has 0 saturated heterocycles. The van der Waals surface area contributed by atoms with Crippen LogP contribution in [0.4, 0.5) is 0 Å². The molecule has 0 saturated carbocycles. The minimum atomic E-state index is -1.63. The van der Waals surface area contributed by atoms with Gasteiger partial charge in [-0.15, -0.1) is 0 Å². The molecule has 0 heterocycles. The molecule has 0 radical (unpaired) electrons. The van der Waals surface area contributed by atoms with Gasteiger partial charge in [-0.1, -0.05) is 259 Å². The van der Waals surface area contributed by atoms with Gasteiger partial charge in [0.1, 0.15) is 13.2 Å². The molecule has 9 nitrogen and oxygen atoms in total. The number of carbonyl (C=O) groups excluding carboxylic acids is 3. The molecular formula is C70H121NO8. The number of nitrogens with zero attached hydrogens (tertiary/aromatic N) is 1. The van der Waals surface area contributed by atoms with Gasteiger partial charge in [-0.25, -0.2) is 0 Å². The summed E-state index contributed by atoms with van der Waals surface area (Å²) in [6.45, 7) is 4.63. The van der Waals surface area contributed by atoms with E-state index in [4.69, 9.17) is 18.9 Å². The summed E-state index contributed by atoms with van der Waals surface area (Å²) in [5.41, 5.74) is 0. The third-order valence-corrected chi connectivity index (χ3v) is 13.8. The zero-order valence-corrected chi connectivity index (χ0v) is 51.7. The predicted molar refractivity (Wildman–Crippen MR) is 334 cm³/mol. The Morgan fingerprint density at radius 1 is 0.392 bits per heavy atom. The molecule has 0 amide bonds. The van der Waals surface area contributed by atoms with E-state index in [-0.39, 0.29) is 38.6 Å². The summed E-state index contributed by atoms with van der Waals surface area (Å²) in [7, 11) is 5.92. The zero-order valence-electron chi connectivity index (χ0n) is 51.7. The van der Waals surface area contributed by atoms with E-state index in [0.717, 1.165) is 89.9 Å². The summed E-state index contributed by atoms with van der Waals surface area (Å²) in [5, 5.41) is 11.8. The number of ether oxygens (including phenoxy) is 4. The van der Waals surface area contributed by atoms with E-state index >= 15 is 0 Å². The molecule has 0 aromatic heterocycles. The van der Waals surface area contributed by atoms with Crippen LogP contribution in [0.3, 0.4) is 0 Å². The Morgan fingerprint density at radius 3 is 1.08 bits per heavy atom. The first-order valence-corrected chi connectivity index (χ1v) is 32.4. The number of likely N-dealkylation sites (N-methyl/N-ethyl adjacent to an activating group) is 1. The average Bonchev–Trinajstić information content (AvgIpc) is 3.42. The maximum Gasteiger partial charge on any atom is 0.306 e. The van der Waals surface area contributed by atoms with Gasteiger partial charge in [0.05, 0.1) is 40.3 Å². The number of rotatable bonds is 59. The molecule has 79 heavy (non-hydrogen) atoms. The lowest BCUT2D eigenvalue weighted by Crippen LogP contribution is -2.44. The van der Waals surface area contributed by atoms with Crippen molar-refractivity contribution in [2.24, 2.45) is 0 Å². The van der Waals surface area contributed by atoms with E-state index in [1.807, 2.05) is 21.1 Å². The Labute approximate surface area is 486 Å². The molecule has 2 unspecified atom stereocenters. The van der Waals surface area contributed by atoms with Gasteiger partial charge in [0.2, 0.25) is 0 Å². The Kier molecular flexibility index (Phi) is 57.4. The number of hydrogen-bond acceptors (Lipinski definition) is 8. The van der Waals surface area contributed by atoms with Gasteiger partial charge in [-0.2, -0.15) is 0 Å². The maximum atomic E-state index is 12.9. The minimum absolute atomic E-state index is 0.143. The van der Waals surface area contributed by atoms with E-state index in [9.17, 15) is 19.5 Å². The fourth-order valence-electron chi connectivity index (χ4n) is 8.87. The van der Waals surface area contributed by atoms with E-state index in [2.05, 4.69) is 111 Å². The van der Waals surface area contributed by atoms with Crippen molar-refractivity contribution in [2.75, 3.05) is 47.5 Å². The van der Waals surface area contributed by atoms with Crippen LogP contribution >= 0.6 is 0 Å². The lowest BCUT2D eigenvalue weighted by Gasteiger charge is -2.26. The molecule has 0 aromatic rings. The Morgan fingerprint density at radius 2 is 0.722 bits per heavy atom. The Bertz CT molecular complexity index is 1620. The quantitative estimate of drug-likeness (QED) is 0.0195. The number of allylic oxidation sites excluding steroid dienone is 16. The van der Waals surface area contributed by atoms with Crippen LogP contribution in [-0.4, -0.2) is 82.3 Å². The summed E-state index contributed by atoms with van der Waals surface area (Å²) in [6, 6.07) is 0. The largest absolute Gasteiger partial charge is 0.545 e. The molecule has 0 N–H and O–H groups in total. The van der Waals surface area contributed by atoms with Gasteiger partial charge < -0.3 is 33.3 Å². The summed E-state index contributed by atoms with van der Waals surface area (Å²) in [6.07, 6.45) is 78.9. The first kappa shape index (κ1) is 75.2. The predicted octanol–water partition coefficient (Wildman–Crippen LogP) is 18.4. The Hall–Kier alpha value is -3.79.